The molecule has 0 aromatic heterocycles. The average molecular weight is 322 g/mol. The number of benzene rings is 1. The normalized spacial score (nSPS) is 17.5. The molecular formula is C15H13Cl2N3O. The van der Waals surface area contributed by atoms with Crippen LogP contribution in [0.15, 0.2) is 58.0 Å². The zero-order valence-electron chi connectivity index (χ0n) is 11.1. The van der Waals surface area contributed by atoms with Crippen LogP contribution in [0.25, 0.3) is 0 Å². The van der Waals surface area contributed by atoms with Crippen molar-refractivity contribution in [3.63, 3.8) is 0 Å². The minimum absolute atomic E-state index is 0.186. The molecule has 108 valence electrons. The van der Waals surface area contributed by atoms with E-state index in [1.807, 2.05) is 12.1 Å². The third kappa shape index (κ3) is 4.55. The molecule has 21 heavy (non-hydrogen) atoms. The Kier molecular flexibility index (Phi) is 5.31. The number of amidine groups is 1. The lowest BCUT2D eigenvalue weighted by Gasteiger charge is -2.10. The van der Waals surface area contributed by atoms with Gasteiger partial charge in [0.1, 0.15) is 0 Å². The molecule has 0 atom stereocenters. The van der Waals surface area contributed by atoms with E-state index in [-0.39, 0.29) is 11.2 Å². The van der Waals surface area contributed by atoms with Crippen molar-refractivity contribution in [1.29, 1.82) is 0 Å². The number of amides is 1. The highest BCUT2D eigenvalue weighted by atomic mass is 35.5. The molecule has 6 heteroatoms. The number of aliphatic imine (C=N–C) groups is 2. The van der Waals surface area contributed by atoms with Gasteiger partial charge in [-0.3, -0.25) is 9.79 Å². The van der Waals surface area contributed by atoms with Crippen molar-refractivity contribution in [2.75, 3.05) is 11.9 Å². The molecule has 1 aromatic rings. The van der Waals surface area contributed by atoms with E-state index in [1.165, 1.54) is 6.08 Å². The number of nitrogens with zero attached hydrogens (tertiary/aromatic N) is 2. The molecule has 1 heterocycles. The van der Waals surface area contributed by atoms with Crippen molar-refractivity contribution < 1.29 is 4.79 Å². The Morgan fingerprint density at radius 1 is 1.38 bits per heavy atom. The number of anilines is 1. The van der Waals surface area contributed by atoms with Crippen LogP contribution in [0, 0.1) is 0 Å². The lowest BCUT2D eigenvalue weighted by atomic mass is 10.1. The molecule has 0 saturated heterocycles. The van der Waals surface area contributed by atoms with Crippen molar-refractivity contribution in [1.82, 2.24) is 0 Å². The Morgan fingerprint density at radius 2 is 2.19 bits per heavy atom. The van der Waals surface area contributed by atoms with E-state index in [2.05, 4.69) is 21.9 Å². The lowest BCUT2D eigenvalue weighted by Crippen LogP contribution is -2.10. The molecule has 1 N–H and O–H groups in total. The Hall–Kier alpha value is -1.91. The van der Waals surface area contributed by atoms with E-state index in [0.29, 0.717) is 29.4 Å². The van der Waals surface area contributed by atoms with E-state index >= 15 is 0 Å². The van der Waals surface area contributed by atoms with Gasteiger partial charge >= 0.3 is 0 Å². The fourth-order valence-corrected chi connectivity index (χ4v) is 2.14. The number of hydrogen-bond donors (Lipinski definition) is 1. The molecule has 1 aliphatic heterocycles. The van der Waals surface area contributed by atoms with E-state index in [1.54, 1.807) is 18.2 Å². The van der Waals surface area contributed by atoms with Gasteiger partial charge in [0, 0.05) is 17.1 Å². The number of rotatable bonds is 3. The summed E-state index contributed by atoms with van der Waals surface area (Å²) in [5.74, 6) is -0.274. The van der Waals surface area contributed by atoms with Gasteiger partial charge in [-0.25, -0.2) is 4.99 Å². The maximum atomic E-state index is 11.3. The zero-order chi connectivity index (χ0) is 15.2. The zero-order valence-corrected chi connectivity index (χ0v) is 12.7. The Labute approximate surface area is 132 Å². The number of allylic oxidation sites excluding steroid dienone is 1. The first kappa shape index (κ1) is 15.5. The summed E-state index contributed by atoms with van der Waals surface area (Å²) in [5.41, 5.74) is 2.16. The summed E-state index contributed by atoms with van der Waals surface area (Å²) < 4.78 is 0. The van der Waals surface area contributed by atoms with Crippen LogP contribution in [0.4, 0.5) is 5.69 Å². The smallest absolute Gasteiger partial charge is 0.247 e. The molecule has 4 nitrogen and oxygen atoms in total. The molecule has 0 unspecified atom stereocenters. The van der Waals surface area contributed by atoms with Crippen molar-refractivity contribution in [3.05, 3.63) is 53.6 Å². The first-order chi connectivity index (χ1) is 10.1. The van der Waals surface area contributed by atoms with E-state index in [9.17, 15) is 4.79 Å². The maximum absolute atomic E-state index is 11.3. The van der Waals surface area contributed by atoms with Gasteiger partial charge in [0.25, 0.3) is 0 Å². The SMILES string of the molecule is C=CC(=O)Nc1cccc(C2=NC(Cl)=NC/C=C(/Cl)C2)c1. The largest absolute Gasteiger partial charge is 0.323 e. The fraction of sp³-hybridized carbons (Fsp3) is 0.133. The van der Waals surface area contributed by atoms with Gasteiger partial charge in [0.15, 0.2) is 0 Å². The Bertz CT molecular complexity index is 663. The van der Waals surface area contributed by atoms with Gasteiger partial charge in [-0.2, -0.15) is 0 Å². The van der Waals surface area contributed by atoms with Crippen LogP contribution in [-0.4, -0.2) is 23.5 Å². The third-order valence-corrected chi connectivity index (χ3v) is 3.24. The second kappa shape index (κ2) is 7.20. The summed E-state index contributed by atoms with van der Waals surface area (Å²) in [7, 11) is 0. The highest BCUT2D eigenvalue weighted by molar-refractivity contribution is 6.65. The van der Waals surface area contributed by atoms with E-state index in [4.69, 9.17) is 23.2 Å². The van der Waals surface area contributed by atoms with Gasteiger partial charge in [-0.1, -0.05) is 30.3 Å². The lowest BCUT2D eigenvalue weighted by molar-refractivity contribution is -0.111. The molecule has 1 aliphatic rings. The Morgan fingerprint density at radius 3 is 2.95 bits per heavy atom. The van der Waals surface area contributed by atoms with Gasteiger partial charge < -0.3 is 5.32 Å². The molecule has 1 aromatic carbocycles. The number of nitrogens with one attached hydrogen (secondary N) is 1. The molecule has 0 spiro atoms. The van der Waals surface area contributed by atoms with Crippen molar-refractivity contribution in [2.24, 2.45) is 9.98 Å². The summed E-state index contributed by atoms with van der Waals surface area (Å²) in [5, 5.41) is 3.54. The highest BCUT2D eigenvalue weighted by Crippen LogP contribution is 2.19. The number of halogens is 2. The van der Waals surface area contributed by atoms with Gasteiger partial charge in [0.05, 0.1) is 12.3 Å². The maximum Gasteiger partial charge on any atom is 0.247 e. The fourth-order valence-electron chi connectivity index (χ4n) is 1.77. The van der Waals surface area contributed by atoms with E-state index in [0.717, 1.165) is 5.56 Å². The number of carbonyl (C=O) groups is 1. The first-order valence-corrected chi connectivity index (χ1v) is 7.00. The minimum Gasteiger partial charge on any atom is -0.323 e. The van der Waals surface area contributed by atoms with Crippen LogP contribution in [0.1, 0.15) is 12.0 Å². The predicted molar refractivity (Wildman–Crippen MR) is 88.5 cm³/mol. The van der Waals surface area contributed by atoms with Gasteiger partial charge in [0.2, 0.25) is 11.2 Å². The molecule has 2 rings (SSSR count). The topological polar surface area (TPSA) is 53.8 Å². The minimum atomic E-state index is -0.274. The molecule has 0 saturated carbocycles. The monoisotopic (exact) mass is 321 g/mol. The van der Waals surface area contributed by atoms with Crippen LogP contribution >= 0.6 is 23.2 Å². The number of carbonyl (C=O) groups excluding carboxylic acids is 1. The predicted octanol–water partition coefficient (Wildman–Crippen LogP) is 3.72. The second-order valence-electron chi connectivity index (χ2n) is 4.27. The summed E-state index contributed by atoms with van der Waals surface area (Å²) >= 11 is 12.1. The van der Waals surface area contributed by atoms with Crippen LogP contribution in [0.5, 0.6) is 0 Å². The molecule has 1 amide bonds. The molecule has 0 fully saturated rings. The summed E-state index contributed by atoms with van der Waals surface area (Å²) in [4.78, 5) is 19.7. The average Bonchev–Trinajstić information content (AvgIpc) is 2.45. The molecular weight excluding hydrogens is 309 g/mol. The first-order valence-electron chi connectivity index (χ1n) is 6.24. The summed E-state index contributed by atoms with van der Waals surface area (Å²) in [6.45, 7) is 3.84. The van der Waals surface area contributed by atoms with Gasteiger partial charge in [-0.05, 0) is 41.4 Å². The van der Waals surface area contributed by atoms with Crippen LogP contribution in [-0.2, 0) is 4.79 Å². The van der Waals surface area contributed by atoms with Crippen LogP contribution in [0.2, 0.25) is 0 Å². The molecule has 0 aliphatic carbocycles. The summed E-state index contributed by atoms with van der Waals surface area (Å²) in [6, 6.07) is 7.27. The Balaban J connectivity index is 2.33. The van der Waals surface area contributed by atoms with Crippen LogP contribution < -0.4 is 5.32 Å². The standard InChI is InChI=1S/C15H13Cl2N3O/c1-2-14(21)19-12-5-3-4-10(8-12)13-9-11(16)6-7-18-15(17)20-13/h2-6,8H,1,7,9H2,(H,19,21)/b11-6+,18-15?,20-13?. The van der Waals surface area contributed by atoms with Gasteiger partial charge in [-0.15, -0.1) is 0 Å². The highest BCUT2D eigenvalue weighted by Gasteiger charge is 2.10. The van der Waals surface area contributed by atoms with Crippen molar-refractivity contribution in [2.45, 2.75) is 6.42 Å². The second-order valence-corrected chi connectivity index (χ2v) is 5.09. The van der Waals surface area contributed by atoms with Crippen LogP contribution in [0.3, 0.4) is 0 Å². The van der Waals surface area contributed by atoms with Crippen molar-refractivity contribution >= 4 is 45.8 Å². The number of hydrogen-bond acceptors (Lipinski definition) is 3. The quantitative estimate of drug-likeness (QED) is 0.669. The molecule has 0 radical (unpaired) electrons. The third-order valence-electron chi connectivity index (χ3n) is 2.75. The van der Waals surface area contributed by atoms with Crippen molar-refractivity contribution in [3.8, 4) is 0 Å². The van der Waals surface area contributed by atoms with E-state index < -0.39 is 0 Å². The summed E-state index contributed by atoms with van der Waals surface area (Å²) in [6.07, 6.45) is 3.47. The molecule has 0 bridgehead atoms.